The summed E-state index contributed by atoms with van der Waals surface area (Å²) in [6, 6.07) is 18.0. The Morgan fingerprint density at radius 1 is 1.06 bits per heavy atom. The Bertz CT molecular complexity index is 1490. The lowest BCUT2D eigenvalue weighted by molar-refractivity contribution is -0.116. The van der Waals surface area contributed by atoms with Crippen LogP contribution < -0.4 is 10.2 Å². The Labute approximate surface area is 211 Å². The molecule has 5 nitrogen and oxygen atoms in total. The number of thioether (sulfide) groups is 1. The van der Waals surface area contributed by atoms with Gasteiger partial charge in [0.2, 0.25) is 5.91 Å². The van der Waals surface area contributed by atoms with E-state index in [4.69, 9.17) is 0 Å². The predicted octanol–water partition coefficient (Wildman–Crippen LogP) is 5.75. The predicted molar refractivity (Wildman–Crippen MR) is 141 cm³/mol. The Kier molecular flexibility index (Phi) is 5.10. The number of rotatable bonds is 4. The van der Waals surface area contributed by atoms with Gasteiger partial charge in [0.1, 0.15) is 6.54 Å². The Hall–Kier alpha value is -2.90. The molecule has 2 bridgehead atoms. The van der Waals surface area contributed by atoms with Gasteiger partial charge in [-0.15, -0.1) is 11.8 Å². The minimum absolute atomic E-state index is 0.0339. The van der Waals surface area contributed by atoms with Crippen LogP contribution in [0.4, 0.5) is 5.69 Å². The lowest BCUT2D eigenvalue weighted by Crippen LogP contribution is -2.34. The van der Waals surface area contributed by atoms with Gasteiger partial charge < -0.3 is 5.32 Å². The largest absolute Gasteiger partial charge is 0.324 e. The lowest BCUT2D eigenvalue weighted by Gasteiger charge is -2.40. The van der Waals surface area contributed by atoms with Crippen molar-refractivity contribution >= 4 is 45.5 Å². The summed E-state index contributed by atoms with van der Waals surface area (Å²) in [6.45, 7) is 0.0339. The fourth-order valence-electron chi connectivity index (χ4n) is 6.69. The fraction of sp³-hybridized carbons (Fsp3) is 0.321. The van der Waals surface area contributed by atoms with Gasteiger partial charge in [-0.3, -0.25) is 19.1 Å². The van der Waals surface area contributed by atoms with Crippen molar-refractivity contribution < 1.29 is 4.79 Å². The van der Waals surface area contributed by atoms with Gasteiger partial charge in [-0.25, -0.2) is 0 Å². The molecule has 0 spiro atoms. The lowest BCUT2D eigenvalue weighted by atomic mass is 9.75. The molecule has 4 aromatic rings. The van der Waals surface area contributed by atoms with Gasteiger partial charge in [0, 0.05) is 39.5 Å². The van der Waals surface area contributed by atoms with Crippen molar-refractivity contribution in [2.24, 2.45) is 17.8 Å². The normalized spacial score (nSPS) is 26.5. The number of nitrogens with one attached hydrogen (secondary N) is 1. The van der Waals surface area contributed by atoms with Gasteiger partial charge in [0.15, 0.2) is 0 Å². The average molecular weight is 500 g/mol. The van der Waals surface area contributed by atoms with Crippen LogP contribution in [0.15, 0.2) is 76.8 Å². The maximum Gasteiger partial charge on any atom is 0.308 e. The molecule has 2 aromatic heterocycles. The molecule has 0 saturated heterocycles. The van der Waals surface area contributed by atoms with E-state index in [0.29, 0.717) is 17.1 Å². The summed E-state index contributed by atoms with van der Waals surface area (Å²) < 4.78 is 1.72. The van der Waals surface area contributed by atoms with Crippen molar-refractivity contribution in [2.75, 3.05) is 5.32 Å². The first-order valence-corrected chi connectivity index (χ1v) is 13.9. The van der Waals surface area contributed by atoms with Gasteiger partial charge in [-0.2, -0.15) is 0 Å². The molecule has 7 heteroatoms. The number of anilines is 1. The molecule has 1 amide bonds. The highest BCUT2D eigenvalue weighted by Gasteiger charge is 2.55. The zero-order valence-electron chi connectivity index (χ0n) is 19.1. The number of benzene rings is 2. The third kappa shape index (κ3) is 3.47. The minimum atomic E-state index is -0.169. The van der Waals surface area contributed by atoms with Crippen molar-refractivity contribution in [3.8, 4) is 0 Å². The molecular weight excluding hydrogens is 474 g/mol. The summed E-state index contributed by atoms with van der Waals surface area (Å²) in [6.07, 6.45) is 7.64. The second-order valence-corrected chi connectivity index (χ2v) is 12.1. The Morgan fingerprint density at radius 3 is 2.80 bits per heavy atom. The number of hydrogen-bond acceptors (Lipinski definition) is 5. The number of thiazole rings is 1. The highest BCUT2D eigenvalue weighted by atomic mass is 32.2. The summed E-state index contributed by atoms with van der Waals surface area (Å²) >= 11 is 3.19. The van der Waals surface area contributed by atoms with Crippen LogP contribution in [-0.4, -0.2) is 20.7 Å². The molecule has 176 valence electrons. The number of pyridine rings is 1. The van der Waals surface area contributed by atoms with E-state index in [1.807, 2.05) is 72.7 Å². The van der Waals surface area contributed by atoms with Gasteiger partial charge in [0.25, 0.3) is 0 Å². The highest BCUT2D eigenvalue weighted by molar-refractivity contribution is 8.00. The van der Waals surface area contributed by atoms with Crippen LogP contribution in [0, 0.1) is 17.8 Å². The number of hydrogen-bond donors (Lipinski definition) is 1. The van der Waals surface area contributed by atoms with Gasteiger partial charge in [-0.05, 0) is 60.1 Å². The van der Waals surface area contributed by atoms with Gasteiger partial charge in [0.05, 0.1) is 5.03 Å². The van der Waals surface area contributed by atoms with Crippen LogP contribution in [0.2, 0.25) is 0 Å². The maximum atomic E-state index is 13.3. The smallest absolute Gasteiger partial charge is 0.308 e. The molecule has 2 fully saturated rings. The molecule has 1 N–H and O–H groups in total. The zero-order valence-corrected chi connectivity index (χ0v) is 20.7. The molecule has 1 aliphatic heterocycles. The second kappa shape index (κ2) is 8.35. The van der Waals surface area contributed by atoms with E-state index in [2.05, 4.69) is 16.4 Å². The topological polar surface area (TPSA) is 64.0 Å². The van der Waals surface area contributed by atoms with Crippen LogP contribution >= 0.6 is 23.1 Å². The zero-order chi connectivity index (χ0) is 23.5. The number of nitrogens with zero attached hydrogens (tertiary/aromatic N) is 2. The van der Waals surface area contributed by atoms with Crippen molar-refractivity contribution in [2.45, 2.75) is 42.0 Å². The van der Waals surface area contributed by atoms with E-state index in [0.717, 1.165) is 32.3 Å². The summed E-state index contributed by atoms with van der Waals surface area (Å²) in [4.78, 5) is 31.9. The highest BCUT2D eigenvalue weighted by Crippen LogP contribution is 2.63. The molecule has 3 heterocycles. The quantitative estimate of drug-likeness (QED) is 0.388. The Morgan fingerprint density at radius 2 is 1.91 bits per heavy atom. The number of aromatic nitrogens is 2. The van der Waals surface area contributed by atoms with Crippen LogP contribution in [0.25, 0.3) is 10.8 Å². The second-order valence-electron chi connectivity index (χ2n) is 9.96. The van der Waals surface area contributed by atoms with E-state index < -0.39 is 0 Å². The third-order valence-corrected chi connectivity index (χ3v) is 10.9. The van der Waals surface area contributed by atoms with Crippen molar-refractivity contribution in [1.82, 2.24) is 9.55 Å². The Balaban J connectivity index is 1.24. The van der Waals surface area contributed by atoms with E-state index >= 15 is 0 Å². The molecular formula is C28H25N3O2S2. The molecule has 7 rings (SSSR count). The van der Waals surface area contributed by atoms with E-state index in [1.165, 1.54) is 36.2 Å². The van der Waals surface area contributed by atoms with E-state index in [-0.39, 0.29) is 23.2 Å². The fourth-order valence-corrected chi connectivity index (χ4v) is 9.84. The summed E-state index contributed by atoms with van der Waals surface area (Å²) in [7, 11) is 0. The molecule has 0 radical (unpaired) electrons. The monoisotopic (exact) mass is 499 g/mol. The summed E-state index contributed by atoms with van der Waals surface area (Å²) in [5, 5.41) is 6.64. The van der Waals surface area contributed by atoms with Crippen molar-refractivity contribution in [3.63, 3.8) is 0 Å². The van der Waals surface area contributed by atoms with Gasteiger partial charge in [-0.1, -0.05) is 53.8 Å². The van der Waals surface area contributed by atoms with Crippen molar-refractivity contribution in [3.05, 3.63) is 87.1 Å². The molecule has 3 aliphatic rings. The van der Waals surface area contributed by atoms with Gasteiger partial charge >= 0.3 is 4.87 Å². The first kappa shape index (κ1) is 21.4. The molecule has 2 aromatic carbocycles. The van der Waals surface area contributed by atoms with Crippen molar-refractivity contribution in [1.29, 1.82) is 0 Å². The van der Waals surface area contributed by atoms with Crippen LogP contribution in [0.3, 0.4) is 0 Å². The van der Waals surface area contributed by atoms with E-state index in [9.17, 15) is 9.59 Å². The van der Waals surface area contributed by atoms with Crippen LogP contribution in [0.5, 0.6) is 0 Å². The third-order valence-electron chi connectivity index (χ3n) is 8.10. The molecule has 2 aliphatic carbocycles. The minimum Gasteiger partial charge on any atom is -0.324 e. The SMILES string of the molecule is O=C(Cn1c2c(sc1=O)[C@@H](c1cccnc1)[C@@H]1[C@H]3CC[C@@H](C3)[C@H]1S2)Nc1cccc2ccccc12. The van der Waals surface area contributed by atoms with Crippen LogP contribution in [-0.2, 0) is 11.3 Å². The summed E-state index contributed by atoms with van der Waals surface area (Å²) in [5.41, 5.74) is 1.98. The van der Waals surface area contributed by atoms with E-state index in [1.54, 1.807) is 4.57 Å². The maximum absolute atomic E-state index is 13.3. The number of carbonyl (C=O) groups excluding carboxylic acids is 1. The molecule has 2 saturated carbocycles. The molecule has 35 heavy (non-hydrogen) atoms. The number of fused-ring (bicyclic) bond motifs is 7. The number of carbonyl (C=O) groups is 1. The molecule has 5 atom stereocenters. The summed E-state index contributed by atoms with van der Waals surface area (Å²) in [5.74, 6) is 2.00. The number of amides is 1. The first-order chi connectivity index (χ1) is 17.2. The molecule has 0 unspecified atom stereocenters. The average Bonchev–Trinajstić information content (AvgIpc) is 3.58. The standard InChI is InChI=1S/C28H25N3O2S2/c32-22(30-21-9-3-6-16-5-1-2-8-20(16)21)15-31-27-26(35-28(31)33)24(19-7-4-12-29-14-19)23-17-10-11-18(13-17)25(23)34-27/h1-9,12,14,17-18,23-25H,10-11,13,15H2,(H,30,32)/t17-,18-,23-,24-,25+/m0/s1. The van der Waals surface area contributed by atoms with Crippen LogP contribution in [0.1, 0.15) is 35.6 Å². The first-order valence-electron chi connectivity index (χ1n) is 12.2.